The van der Waals surface area contributed by atoms with Crippen LogP contribution in [0.25, 0.3) is 56.4 Å². The van der Waals surface area contributed by atoms with Gasteiger partial charge in [-0.3, -0.25) is 79.5 Å². The summed E-state index contributed by atoms with van der Waals surface area (Å²) >= 11 is 21.7. The minimum absolute atomic E-state index is 0.744. The molecule has 0 saturated heterocycles. The number of hydrogen-bond donors (Lipinski definition) is 0. The first-order valence-electron chi connectivity index (χ1n) is 39.5. The third kappa shape index (κ3) is 24.9. The summed E-state index contributed by atoms with van der Waals surface area (Å²) in [5.74, 6) is 0. The number of thiophene rings is 12. The Bertz CT molecular complexity index is 4010. The van der Waals surface area contributed by atoms with Crippen molar-refractivity contribution in [1.82, 2.24) is 19.6 Å². The molecule has 12 aromatic rings. The minimum Gasteiger partial charge on any atom is -0.298 e. The van der Waals surface area contributed by atoms with E-state index in [1.165, 1.54) is 192 Å². The molecule has 0 atom stereocenters. The van der Waals surface area contributed by atoms with E-state index < -0.39 is 0 Å². The van der Waals surface area contributed by atoms with Gasteiger partial charge in [-0.25, -0.2) is 0 Å². The molecule has 0 amide bonds. The van der Waals surface area contributed by atoms with Crippen LogP contribution >= 0.6 is 136 Å². The lowest BCUT2D eigenvalue weighted by atomic mass is 10.0. The molecule has 24 aliphatic heterocycles. The van der Waals surface area contributed by atoms with Gasteiger partial charge in [0.2, 0.25) is 0 Å². The highest BCUT2D eigenvalue weighted by molar-refractivity contribution is 7.42. The zero-order valence-electron chi connectivity index (χ0n) is 63.4. The third-order valence-electron chi connectivity index (χ3n) is 19.7. The molecule has 0 N–H and O–H groups in total. The highest BCUT2D eigenvalue weighted by Gasteiger charge is 2.15. The fraction of sp³-hybridized carbons (Fsp3) is 0.429. The van der Waals surface area contributed by atoms with Gasteiger partial charge in [-0.1, -0.05) is 77.0 Å². The summed E-state index contributed by atoms with van der Waals surface area (Å²) in [5, 5.41) is 7.63. The lowest BCUT2D eigenvalue weighted by Crippen LogP contribution is -2.31. The highest BCUT2D eigenvalue weighted by atomic mass is 32.2. The molecule has 2 aliphatic carbocycles. The summed E-state index contributed by atoms with van der Waals surface area (Å²) in [6, 6.07) is 26.9. The Morgan fingerprint density at radius 2 is 0.250 bits per heavy atom. The number of rotatable bonds is 0. The topological polar surface area (TPSA) is 161 Å². The molecule has 0 spiro atoms. The van der Waals surface area contributed by atoms with E-state index in [1.807, 2.05) is 74.6 Å². The summed E-state index contributed by atoms with van der Waals surface area (Å²) in [5.41, 5.74) is 0. The summed E-state index contributed by atoms with van der Waals surface area (Å²) < 4.78 is 7.91. The maximum atomic E-state index is 4.83. The maximum Gasteiger partial charge on any atom is 0.0878 e. The second-order valence-corrected chi connectivity index (χ2v) is 42.8. The van der Waals surface area contributed by atoms with Crippen molar-refractivity contribution in [2.75, 3.05) is 157 Å². The van der Waals surface area contributed by atoms with Crippen LogP contribution in [0.3, 0.4) is 0 Å². The number of aliphatic imine (C=N–C) groups is 12. The molecule has 36 heterocycles. The molecular weight excluding hydrogens is 1620 g/mol. The van der Waals surface area contributed by atoms with Gasteiger partial charge in [-0.2, -0.15) is 0 Å². The first-order chi connectivity index (χ1) is 55.4. The van der Waals surface area contributed by atoms with Crippen molar-refractivity contribution in [2.24, 2.45) is 59.9 Å². The predicted octanol–water partition coefficient (Wildman–Crippen LogP) is 20.8. The zero-order valence-corrected chi connectivity index (χ0v) is 73.2. The van der Waals surface area contributed by atoms with E-state index in [2.05, 4.69) is 92.4 Å². The molecule has 2 fully saturated rings. The molecule has 28 bridgehead atoms. The lowest BCUT2D eigenvalue weighted by molar-refractivity contribution is 0.298. The standard InChI is InChI=1S/2C36H36N8S6.2C6H12/c2*1-7-43-8-2-38-20-30-15-26-17-32(49-35(26)47-30)23-41-5-11-44(10-4-40-22-29-14-25-13-28(19-37-1)45-34(25)46-29)12-6-42-24-33-18-27-16-31(21-39-3-9-43)48-36(27)50-33;2*1-2-4-6-5-3-1/h2*13-24H,1-12H2;2*1-6H2. The first-order valence-corrected chi connectivity index (χ1v) is 49.3. The van der Waals surface area contributed by atoms with Crippen LogP contribution in [0.1, 0.15) is 136 Å². The second-order valence-electron chi connectivity index (χ2n) is 28.3. The van der Waals surface area contributed by atoms with Gasteiger partial charge in [-0.05, 0) is 72.8 Å². The smallest absolute Gasteiger partial charge is 0.0878 e. The van der Waals surface area contributed by atoms with Gasteiger partial charge < -0.3 is 0 Å². The molecule has 2 saturated carbocycles. The van der Waals surface area contributed by atoms with Crippen LogP contribution in [0.2, 0.25) is 0 Å². The lowest BCUT2D eigenvalue weighted by Gasteiger charge is -2.19. The van der Waals surface area contributed by atoms with Crippen LogP contribution in [-0.4, -0.2) is 251 Å². The molecular formula is C84H96N16S12. The summed E-state index contributed by atoms with van der Waals surface area (Å²) in [6.45, 7) is 19.4. The zero-order chi connectivity index (χ0) is 75.6. The molecule has 584 valence electrons. The van der Waals surface area contributed by atoms with Crippen molar-refractivity contribution < 1.29 is 0 Å². The highest BCUT2D eigenvalue weighted by Crippen LogP contribution is 2.38. The Morgan fingerprint density at radius 3 is 0.339 bits per heavy atom. The van der Waals surface area contributed by atoms with Gasteiger partial charge in [0.25, 0.3) is 0 Å². The number of nitrogens with zero attached hydrogens (tertiary/aromatic N) is 16. The van der Waals surface area contributed by atoms with Crippen LogP contribution < -0.4 is 0 Å². The fourth-order valence-corrected chi connectivity index (χ4v) is 27.4. The second kappa shape index (κ2) is 43.2. The van der Waals surface area contributed by atoms with Gasteiger partial charge in [0.05, 0.1) is 103 Å². The van der Waals surface area contributed by atoms with Crippen LogP contribution in [0.4, 0.5) is 0 Å². The van der Waals surface area contributed by atoms with E-state index in [0.29, 0.717) is 0 Å². The van der Waals surface area contributed by atoms with Gasteiger partial charge in [0, 0.05) is 244 Å². The molecule has 112 heavy (non-hydrogen) atoms. The van der Waals surface area contributed by atoms with E-state index in [4.69, 9.17) is 59.9 Å². The van der Waals surface area contributed by atoms with Gasteiger partial charge in [0.15, 0.2) is 0 Å². The average molecular weight is 1710 g/mol. The van der Waals surface area contributed by atoms with Crippen LogP contribution in [0, 0.1) is 0 Å². The van der Waals surface area contributed by atoms with Crippen molar-refractivity contribution in [3.8, 4) is 0 Å². The van der Waals surface area contributed by atoms with E-state index in [-0.39, 0.29) is 0 Å². The largest absolute Gasteiger partial charge is 0.298 e. The maximum absolute atomic E-state index is 4.83. The van der Waals surface area contributed by atoms with E-state index in [1.54, 1.807) is 136 Å². The number of hydrogen-bond acceptors (Lipinski definition) is 28. The predicted molar refractivity (Wildman–Crippen MR) is 509 cm³/mol. The Kier molecular flexibility index (Phi) is 31.2. The SMILES string of the molecule is C1=NCCN2CCN=Cc3cc4cc(sc4s3)C=NCCN(CCN=Cc3cc4cc1sc4s3)CCN=Cc1cc3cc(sc3s1)C=NCC2.C1=NCCN2CCN=Cc3cc4cc(sc4s3)C=NCCN(CCN=Cc3cc4cc1sc4s3)CCN=Cc1cc3cc(sc3s1)C=NCC2.C1CCCCC1.C1CCCCC1. The van der Waals surface area contributed by atoms with Gasteiger partial charge in [0.1, 0.15) is 0 Å². The molecule has 12 aromatic heterocycles. The Hall–Kier alpha value is -6.16. The van der Waals surface area contributed by atoms with Crippen LogP contribution in [0.15, 0.2) is 133 Å². The Morgan fingerprint density at radius 1 is 0.152 bits per heavy atom. The summed E-state index contributed by atoms with van der Waals surface area (Å²) in [4.78, 5) is 82.0. The first kappa shape index (κ1) is 81.0. The van der Waals surface area contributed by atoms with Gasteiger partial charge in [-0.15, -0.1) is 136 Å². The average Bonchev–Trinajstić information content (AvgIpc) is 1.71. The fourth-order valence-electron chi connectivity index (χ4n) is 13.7. The molecule has 28 heteroatoms. The molecule has 0 unspecified atom stereocenters. The van der Waals surface area contributed by atoms with Crippen molar-refractivity contribution in [2.45, 2.75) is 77.0 Å². The molecule has 38 rings (SSSR count). The van der Waals surface area contributed by atoms with Crippen LogP contribution in [0.5, 0.6) is 0 Å². The molecule has 16 nitrogen and oxygen atoms in total. The summed E-state index contributed by atoms with van der Waals surface area (Å²) in [7, 11) is 0. The quantitative estimate of drug-likeness (QED) is 0.148. The van der Waals surface area contributed by atoms with Crippen molar-refractivity contribution >= 4 is 267 Å². The van der Waals surface area contributed by atoms with E-state index in [9.17, 15) is 0 Å². The van der Waals surface area contributed by atoms with Crippen molar-refractivity contribution in [1.29, 1.82) is 0 Å². The Labute approximate surface area is 705 Å². The summed E-state index contributed by atoms with van der Waals surface area (Å²) in [6.07, 6.45) is 42.4. The van der Waals surface area contributed by atoms with E-state index >= 15 is 0 Å². The minimum atomic E-state index is 0.744. The van der Waals surface area contributed by atoms with Crippen molar-refractivity contribution in [3.63, 3.8) is 0 Å². The Balaban J connectivity index is 0.000000154. The monoisotopic (exact) mass is 1710 g/mol. The molecule has 26 aliphatic rings. The van der Waals surface area contributed by atoms with E-state index in [0.717, 1.165) is 157 Å². The molecule has 0 aromatic carbocycles. The van der Waals surface area contributed by atoms with Crippen LogP contribution in [-0.2, 0) is 0 Å². The van der Waals surface area contributed by atoms with Gasteiger partial charge >= 0.3 is 0 Å². The van der Waals surface area contributed by atoms with Crippen molar-refractivity contribution in [3.05, 3.63) is 131 Å². The molecule has 0 radical (unpaired) electrons. The normalized spacial score (nSPS) is 20.6. The third-order valence-corrected chi connectivity index (χ3v) is 33.2.